The van der Waals surface area contributed by atoms with E-state index in [2.05, 4.69) is 10.6 Å². The molecule has 3 aliphatic rings. The van der Waals surface area contributed by atoms with E-state index >= 15 is 0 Å². The minimum Gasteiger partial charge on any atom is -0.506 e. The number of anilines is 1. The quantitative estimate of drug-likeness (QED) is 0.122. The maximum Gasteiger partial charge on any atom is 0.409 e. The number of hydrogen-bond donors (Lipinski definition) is 7. The van der Waals surface area contributed by atoms with Gasteiger partial charge in [0, 0.05) is 33.4 Å². The molecule has 1 aromatic rings. The smallest absolute Gasteiger partial charge is 0.409 e. The van der Waals surface area contributed by atoms with Crippen LogP contribution in [0, 0.1) is 5.92 Å². The zero-order valence-electron chi connectivity index (χ0n) is 32.2. The van der Waals surface area contributed by atoms with Gasteiger partial charge in [0.25, 0.3) is 0 Å². The zero-order valence-corrected chi connectivity index (χ0v) is 32.9. The lowest BCUT2D eigenvalue weighted by atomic mass is 9.89. The van der Waals surface area contributed by atoms with Crippen LogP contribution in [0.4, 0.5) is 20.1 Å². The zero-order chi connectivity index (χ0) is 42.4. The molecule has 19 nitrogen and oxygen atoms in total. The summed E-state index contributed by atoms with van der Waals surface area (Å²) in [5, 5.41) is 49.9. The second-order valence-corrected chi connectivity index (χ2v) is 14.4. The average molecular weight is 825 g/mol. The van der Waals surface area contributed by atoms with Crippen molar-refractivity contribution in [3.8, 4) is 5.75 Å². The van der Waals surface area contributed by atoms with Gasteiger partial charge < -0.3 is 59.9 Å². The highest BCUT2D eigenvalue weighted by molar-refractivity contribution is 6.35. The number of amides is 4. The number of primary amides is 1. The Balaban J connectivity index is 1.93. The lowest BCUT2D eigenvalue weighted by Gasteiger charge is -2.46. The lowest BCUT2D eigenvalue weighted by molar-refractivity contribution is -0.230. The van der Waals surface area contributed by atoms with Crippen LogP contribution in [0.15, 0.2) is 47.6 Å². The summed E-state index contributed by atoms with van der Waals surface area (Å²) in [6.45, 7) is 5.44. The summed E-state index contributed by atoms with van der Waals surface area (Å²) in [7, 11) is 2.66. The Morgan fingerprint density at radius 2 is 1.86 bits per heavy atom. The van der Waals surface area contributed by atoms with Crippen LogP contribution >= 0.6 is 11.6 Å². The summed E-state index contributed by atoms with van der Waals surface area (Å²) < 4.78 is 32.9. The first-order valence-electron chi connectivity index (χ1n) is 17.9. The van der Waals surface area contributed by atoms with Crippen LogP contribution in [-0.4, -0.2) is 126 Å². The third kappa shape index (κ3) is 10.9. The van der Waals surface area contributed by atoms with Crippen molar-refractivity contribution in [1.29, 1.82) is 0 Å². The number of alkyl carbamates (subject to hydrolysis) is 2. The van der Waals surface area contributed by atoms with Gasteiger partial charge >= 0.3 is 24.2 Å². The maximum absolute atomic E-state index is 14.7. The Morgan fingerprint density at radius 3 is 2.49 bits per heavy atom. The number of carbonyl (C=O) groups excluding carboxylic acids is 5. The topological polar surface area (TPSA) is 275 Å². The number of benzene rings is 1. The van der Waals surface area contributed by atoms with Crippen LogP contribution in [0.3, 0.4) is 0 Å². The summed E-state index contributed by atoms with van der Waals surface area (Å²) in [6.07, 6.45) is -9.89. The minimum atomic E-state index is -2.06. The van der Waals surface area contributed by atoms with Crippen molar-refractivity contribution >= 4 is 47.4 Å². The van der Waals surface area contributed by atoms with Crippen molar-refractivity contribution in [2.24, 2.45) is 11.7 Å². The first-order valence-corrected chi connectivity index (χ1v) is 18.2. The fourth-order valence-electron chi connectivity index (χ4n) is 6.82. The number of rotatable bonds is 6. The molecule has 0 aliphatic carbocycles. The van der Waals surface area contributed by atoms with E-state index in [4.69, 9.17) is 45.8 Å². The van der Waals surface area contributed by atoms with Gasteiger partial charge in [-0.2, -0.15) is 0 Å². The van der Waals surface area contributed by atoms with E-state index in [-0.39, 0.29) is 29.1 Å². The summed E-state index contributed by atoms with van der Waals surface area (Å²) in [4.78, 5) is 64.6. The predicted molar refractivity (Wildman–Crippen MR) is 200 cm³/mol. The van der Waals surface area contributed by atoms with E-state index < -0.39 is 110 Å². The highest BCUT2D eigenvalue weighted by Crippen LogP contribution is 2.40. The number of halogens is 1. The van der Waals surface area contributed by atoms with Crippen molar-refractivity contribution in [3.63, 3.8) is 0 Å². The second-order valence-electron chi connectivity index (χ2n) is 14.0. The monoisotopic (exact) mass is 824 g/mol. The number of aromatic hydroxyl groups is 1. The van der Waals surface area contributed by atoms with Crippen LogP contribution in [0.1, 0.15) is 46.1 Å². The molecule has 0 saturated carbocycles. The molecule has 4 bridgehead atoms. The fraction of sp³-hybridized carbons (Fsp3) is 0.541. The number of phenols is 1. The molecule has 0 unspecified atom stereocenters. The molecule has 2 fully saturated rings. The molecule has 2 saturated heterocycles. The van der Waals surface area contributed by atoms with Gasteiger partial charge in [0.05, 0.1) is 12.1 Å². The van der Waals surface area contributed by atoms with Crippen molar-refractivity contribution in [2.75, 3.05) is 25.7 Å². The van der Waals surface area contributed by atoms with Gasteiger partial charge in [0.2, 0.25) is 5.91 Å². The fourth-order valence-corrected chi connectivity index (χ4v) is 7.02. The Kier molecular flexibility index (Phi) is 14.9. The standard InChI is InChI=1S/C37H49ClN4O15/c1-17-8-7-9-27(52-6)37(51)15-25(56-36(50)41-37)19(3)11-18(2)24(55-35(49)40-5)14-28(45)42(22-12-21(10-17)13-23(44)29(22)38)33-31(47)30(46)32(57-34(39)48)26(54-33)16-53-20(4)43/h7-9,11-13,19,24-27,30-33,44,46-47,51H,10,14-16H2,1-6H3,(H2,39,48)(H,40,49)(H,41,50)/b9-7+,17-8+,18-11+/t19-,24-,25-,26-,27+,30-,31-,32-,33-,37-/m0/s1. The molecular weight excluding hydrogens is 776 g/mol. The van der Waals surface area contributed by atoms with Gasteiger partial charge in [0.1, 0.15) is 54.0 Å². The average Bonchev–Trinajstić information content (AvgIpc) is 3.12. The molecule has 3 aliphatic heterocycles. The van der Waals surface area contributed by atoms with Crippen molar-refractivity contribution in [3.05, 3.63) is 58.2 Å². The highest BCUT2D eigenvalue weighted by atomic mass is 35.5. The van der Waals surface area contributed by atoms with E-state index in [0.29, 0.717) is 11.1 Å². The Bertz CT molecular complexity index is 1790. The van der Waals surface area contributed by atoms with Crippen LogP contribution in [0.25, 0.3) is 0 Å². The van der Waals surface area contributed by atoms with Gasteiger partial charge in [0.15, 0.2) is 18.1 Å². The van der Waals surface area contributed by atoms with E-state index in [1.54, 1.807) is 45.1 Å². The molecule has 0 aromatic heterocycles. The summed E-state index contributed by atoms with van der Waals surface area (Å²) in [5.74, 6) is -2.84. The number of nitrogens with zero attached hydrogens (tertiary/aromatic N) is 1. The van der Waals surface area contributed by atoms with Crippen molar-refractivity contribution in [1.82, 2.24) is 10.6 Å². The Hall–Kier alpha value is -4.92. The number of nitrogens with one attached hydrogen (secondary N) is 2. The molecule has 314 valence electrons. The van der Waals surface area contributed by atoms with E-state index in [9.17, 15) is 44.4 Å². The summed E-state index contributed by atoms with van der Waals surface area (Å²) >= 11 is 6.68. The van der Waals surface area contributed by atoms with Crippen molar-refractivity contribution in [2.45, 2.75) is 102 Å². The maximum atomic E-state index is 14.7. The first kappa shape index (κ1) is 44.8. The Labute approximate surface area is 333 Å². The molecule has 3 heterocycles. The number of carbonyl (C=O) groups is 5. The number of methoxy groups -OCH3 is 1. The molecule has 4 rings (SSSR count). The molecule has 0 spiro atoms. The van der Waals surface area contributed by atoms with E-state index in [1.807, 2.05) is 0 Å². The molecule has 0 radical (unpaired) electrons. The van der Waals surface area contributed by atoms with Gasteiger partial charge in [-0.3, -0.25) is 19.8 Å². The number of phenolic OH excluding ortho intramolecular Hbond substituents is 1. The van der Waals surface area contributed by atoms with Crippen LogP contribution in [0.2, 0.25) is 5.02 Å². The summed E-state index contributed by atoms with van der Waals surface area (Å²) in [5.41, 5.74) is 4.47. The normalized spacial score (nSPS) is 33.6. The number of ether oxygens (including phenoxy) is 6. The number of aliphatic hydroxyl groups is 3. The largest absolute Gasteiger partial charge is 0.506 e. The number of aliphatic hydroxyl groups excluding tert-OH is 2. The lowest BCUT2D eigenvalue weighted by Crippen LogP contribution is -2.65. The van der Waals surface area contributed by atoms with Gasteiger partial charge in [-0.05, 0) is 43.5 Å². The third-order valence-electron chi connectivity index (χ3n) is 9.64. The SMILES string of the molecule is CNC(=O)O[C@H]1CC(=O)N([C@H]2O[C@@H](COC(C)=O)[C@H](OC(N)=O)[C@@H](O)[C@@H]2O)c2cc(cc(O)c2Cl)C/C(C)=C/C=C/[C@@H](OC)[C@@]2(O)C[C@H](OC(=O)N2)[C@@H](C)/C=C/1C. The van der Waals surface area contributed by atoms with Gasteiger partial charge in [-0.1, -0.05) is 48.4 Å². The third-order valence-corrected chi connectivity index (χ3v) is 10.0. The molecular formula is C37H49ClN4O15. The van der Waals surface area contributed by atoms with Gasteiger partial charge in [-0.15, -0.1) is 0 Å². The number of fused-ring (bicyclic) bond motifs is 4. The van der Waals surface area contributed by atoms with E-state index in [1.165, 1.54) is 26.3 Å². The molecule has 4 amide bonds. The number of nitrogens with two attached hydrogens (primary N) is 1. The molecule has 10 atom stereocenters. The molecule has 8 N–H and O–H groups in total. The molecule has 20 heteroatoms. The van der Waals surface area contributed by atoms with E-state index in [0.717, 1.165) is 11.8 Å². The van der Waals surface area contributed by atoms with Crippen LogP contribution in [0.5, 0.6) is 5.75 Å². The number of esters is 1. The highest BCUT2D eigenvalue weighted by Gasteiger charge is 2.51. The summed E-state index contributed by atoms with van der Waals surface area (Å²) in [6, 6.07) is 2.77. The molecule has 57 heavy (non-hydrogen) atoms. The van der Waals surface area contributed by atoms with Gasteiger partial charge in [-0.25, -0.2) is 14.4 Å². The number of allylic oxidation sites excluding steroid dienone is 3. The van der Waals surface area contributed by atoms with Crippen LogP contribution < -0.4 is 21.3 Å². The second kappa shape index (κ2) is 19.0. The predicted octanol–water partition coefficient (Wildman–Crippen LogP) is 1.81. The first-order chi connectivity index (χ1) is 26.8. The molecule has 1 aromatic carbocycles. The van der Waals surface area contributed by atoms with Crippen molar-refractivity contribution < 1.29 is 72.8 Å². The van der Waals surface area contributed by atoms with Crippen LogP contribution in [-0.2, 0) is 44.4 Å². The Morgan fingerprint density at radius 1 is 1.16 bits per heavy atom. The number of hydrogen-bond acceptors (Lipinski definition) is 15. The minimum absolute atomic E-state index is 0.138.